The molecule has 0 bridgehead atoms. The summed E-state index contributed by atoms with van der Waals surface area (Å²) >= 11 is 0. The Morgan fingerprint density at radius 2 is 2.04 bits per heavy atom. The molecule has 0 atom stereocenters. The lowest BCUT2D eigenvalue weighted by Crippen LogP contribution is -2.48. The Hall–Kier alpha value is -2.45. The predicted octanol–water partition coefficient (Wildman–Crippen LogP) is 0.550. The van der Waals surface area contributed by atoms with E-state index in [1.54, 1.807) is 14.0 Å². The number of benzene rings is 1. The normalized spacial score (nSPS) is 14.2. The topological polar surface area (TPSA) is 90.3 Å². The first kappa shape index (κ1) is 17.4. The van der Waals surface area contributed by atoms with Gasteiger partial charge in [-0.25, -0.2) is 0 Å². The molecule has 2 N–H and O–H groups in total. The molecule has 2 heterocycles. The van der Waals surface area contributed by atoms with Gasteiger partial charge in [-0.3, -0.25) is 4.79 Å². The van der Waals surface area contributed by atoms with Crippen molar-refractivity contribution in [1.82, 2.24) is 25.6 Å². The number of methoxy groups -OCH3 is 1. The van der Waals surface area contributed by atoms with E-state index >= 15 is 0 Å². The molecule has 0 saturated carbocycles. The number of carbonyl (C=O) groups excluding carboxylic acids is 1. The molecule has 3 rings (SSSR count). The lowest BCUT2D eigenvalue weighted by molar-refractivity contribution is 0.0936. The maximum absolute atomic E-state index is 12.3. The molecular formula is C17H23N5O3. The third-order valence-electron chi connectivity index (χ3n) is 4.04. The van der Waals surface area contributed by atoms with Gasteiger partial charge >= 0.3 is 0 Å². The second kappa shape index (κ2) is 8.09. The van der Waals surface area contributed by atoms with Crippen molar-refractivity contribution < 1.29 is 14.3 Å². The summed E-state index contributed by atoms with van der Waals surface area (Å²) < 4.78 is 10.5. The molecule has 1 aliphatic heterocycles. The highest BCUT2D eigenvalue weighted by atomic mass is 16.5. The first-order valence-electron chi connectivity index (χ1n) is 8.32. The first-order chi connectivity index (χ1) is 12.2. The summed E-state index contributed by atoms with van der Waals surface area (Å²) in [6.45, 7) is 5.37. The number of ether oxygens (including phenoxy) is 2. The third-order valence-corrected chi connectivity index (χ3v) is 4.04. The fourth-order valence-electron chi connectivity index (χ4n) is 2.44. The van der Waals surface area contributed by atoms with E-state index in [2.05, 4.69) is 20.8 Å². The molecule has 1 saturated heterocycles. The number of nitrogens with zero attached hydrogens (tertiary/aromatic N) is 3. The van der Waals surface area contributed by atoms with Gasteiger partial charge in [-0.05, 0) is 31.2 Å². The van der Waals surface area contributed by atoms with E-state index < -0.39 is 0 Å². The van der Waals surface area contributed by atoms with Gasteiger partial charge in [0.15, 0.2) is 5.69 Å². The minimum absolute atomic E-state index is 0.185. The first-order valence-corrected chi connectivity index (χ1v) is 8.32. The van der Waals surface area contributed by atoms with E-state index in [1.807, 2.05) is 24.3 Å². The summed E-state index contributed by atoms with van der Waals surface area (Å²) in [5.74, 6) is 1.07. The maximum atomic E-state index is 12.3. The molecule has 8 heteroatoms. The van der Waals surface area contributed by atoms with Crippen molar-refractivity contribution in [1.29, 1.82) is 0 Å². The minimum Gasteiger partial charge on any atom is -0.491 e. The van der Waals surface area contributed by atoms with Crippen molar-refractivity contribution >= 4 is 5.91 Å². The molecule has 1 aromatic carbocycles. The average molecular weight is 345 g/mol. The fourth-order valence-corrected chi connectivity index (χ4v) is 2.44. The monoisotopic (exact) mass is 345 g/mol. The number of nitrogens with one attached hydrogen (secondary N) is 2. The zero-order valence-corrected chi connectivity index (χ0v) is 14.5. The Morgan fingerprint density at radius 1 is 1.28 bits per heavy atom. The zero-order valence-electron chi connectivity index (χ0n) is 14.5. The Bertz CT molecular complexity index is 710. The molecule has 1 fully saturated rings. The second-order valence-electron chi connectivity index (χ2n) is 5.99. The SMILES string of the molecule is COCCOc1ccc(-n2nc(C)c(C(=O)NCC3CNC3)n2)cc1. The lowest BCUT2D eigenvalue weighted by Gasteiger charge is -2.26. The maximum Gasteiger partial charge on any atom is 0.273 e. The van der Waals surface area contributed by atoms with Crippen LogP contribution in [0.4, 0.5) is 0 Å². The van der Waals surface area contributed by atoms with Crippen LogP contribution in [-0.2, 0) is 4.74 Å². The number of hydrogen-bond donors (Lipinski definition) is 2. The quantitative estimate of drug-likeness (QED) is 0.679. The number of aryl methyl sites for hydroxylation is 1. The molecule has 134 valence electrons. The second-order valence-corrected chi connectivity index (χ2v) is 5.99. The summed E-state index contributed by atoms with van der Waals surface area (Å²) in [6, 6.07) is 7.38. The highest BCUT2D eigenvalue weighted by molar-refractivity contribution is 5.93. The number of amides is 1. The smallest absolute Gasteiger partial charge is 0.273 e. The van der Waals surface area contributed by atoms with Crippen LogP contribution < -0.4 is 15.4 Å². The summed E-state index contributed by atoms with van der Waals surface area (Å²) in [4.78, 5) is 13.7. The van der Waals surface area contributed by atoms with E-state index in [1.165, 1.54) is 4.80 Å². The Labute approximate surface area is 146 Å². The summed E-state index contributed by atoms with van der Waals surface area (Å²) in [5, 5.41) is 14.8. The lowest BCUT2D eigenvalue weighted by atomic mass is 10.0. The van der Waals surface area contributed by atoms with Crippen LogP contribution in [-0.4, -0.2) is 60.9 Å². The van der Waals surface area contributed by atoms with Crippen LogP contribution in [0.3, 0.4) is 0 Å². The molecule has 0 spiro atoms. The standard InChI is InChI=1S/C17H23N5O3/c1-12-16(17(23)19-11-13-9-18-10-13)21-22(20-12)14-3-5-15(6-4-14)25-8-7-24-2/h3-6,13,18H,7-11H2,1-2H3,(H,19,23). The zero-order chi connectivity index (χ0) is 17.6. The van der Waals surface area contributed by atoms with Gasteiger partial charge in [0.25, 0.3) is 5.91 Å². The van der Waals surface area contributed by atoms with E-state index in [0.29, 0.717) is 37.1 Å². The van der Waals surface area contributed by atoms with Crippen molar-refractivity contribution in [2.24, 2.45) is 5.92 Å². The summed E-state index contributed by atoms with van der Waals surface area (Å²) in [6.07, 6.45) is 0. The Morgan fingerprint density at radius 3 is 2.68 bits per heavy atom. The Balaban J connectivity index is 1.63. The van der Waals surface area contributed by atoms with Crippen molar-refractivity contribution in [2.45, 2.75) is 6.92 Å². The van der Waals surface area contributed by atoms with Crippen molar-refractivity contribution in [3.8, 4) is 11.4 Å². The van der Waals surface area contributed by atoms with Gasteiger partial charge in [0.2, 0.25) is 0 Å². The average Bonchev–Trinajstić information content (AvgIpc) is 2.96. The third kappa shape index (κ3) is 4.34. The molecule has 0 aliphatic carbocycles. The van der Waals surface area contributed by atoms with Gasteiger partial charge in [-0.15, -0.1) is 5.10 Å². The van der Waals surface area contributed by atoms with Crippen LogP contribution in [0.5, 0.6) is 5.75 Å². The van der Waals surface area contributed by atoms with Crippen molar-refractivity contribution in [2.75, 3.05) is 40.0 Å². The number of hydrogen-bond acceptors (Lipinski definition) is 6. The van der Waals surface area contributed by atoms with Gasteiger partial charge in [0.05, 0.1) is 18.0 Å². The van der Waals surface area contributed by atoms with E-state index in [-0.39, 0.29) is 5.91 Å². The van der Waals surface area contributed by atoms with Crippen LogP contribution >= 0.6 is 0 Å². The fraction of sp³-hybridized carbons (Fsp3) is 0.471. The summed E-state index contributed by atoms with van der Waals surface area (Å²) in [5.41, 5.74) is 1.72. The van der Waals surface area contributed by atoms with Crippen LogP contribution in [0.15, 0.2) is 24.3 Å². The van der Waals surface area contributed by atoms with Crippen LogP contribution in [0.1, 0.15) is 16.2 Å². The van der Waals surface area contributed by atoms with Crippen molar-refractivity contribution in [3.63, 3.8) is 0 Å². The molecule has 1 aliphatic rings. The van der Waals surface area contributed by atoms with E-state index in [9.17, 15) is 4.79 Å². The van der Waals surface area contributed by atoms with Crippen LogP contribution in [0.2, 0.25) is 0 Å². The van der Waals surface area contributed by atoms with Gasteiger partial charge in [0.1, 0.15) is 12.4 Å². The molecular weight excluding hydrogens is 322 g/mol. The number of carbonyl (C=O) groups is 1. The minimum atomic E-state index is -0.185. The van der Waals surface area contributed by atoms with Crippen molar-refractivity contribution in [3.05, 3.63) is 35.7 Å². The van der Waals surface area contributed by atoms with Gasteiger partial charge in [-0.1, -0.05) is 0 Å². The largest absolute Gasteiger partial charge is 0.491 e. The molecule has 1 aromatic heterocycles. The highest BCUT2D eigenvalue weighted by Crippen LogP contribution is 2.15. The molecule has 8 nitrogen and oxygen atoms in total. The molecule has 0 unspecified atom stereocenters. The van der Waals surface area contributed by atoms with E-state index in [4.69, 9.17) is 9.47 Å². The number of rotatable bonds is 8. The Kier molecular flexibility index (Phi) is 5.62. The highest BCUT2D eigenvalue weighted by Gasteiger charge is 2.20. The van der Waals surface area contributed by atoms with Crippen LogP contribution in [0.25, 0.3) is 5.69 Å². The number of aromatic nitrogens is 3. The molecule has 25 heavy (non-hydrogen) atoms. The van der Waals surface area contributed by atoms with Gasteiger partial charge in [0, 0.05) is 32.7 Å². The molecule has 0 radical (unpaired) electrons. The predicted molar refractivity (Wildman–Crippen MR) is 92.2 cm³/mol. The van der Waals surface area contributed by atoms with Gasteiger partial charge < -0.3 is 20.1 Å². The van der Waals surface area contributed by atoms with Gasteiger partial charge in [-0.2, -0.15) is 9.90 Å². The molecule has 2 aromatic rings. The molecule has 1 amide bonds. The van der Waals surface area contributed by atoms with E-state index in [0.717, 1.165) is 24.5 Å². The van der Waals surface area contributed by atoms with Crippen LogP contribution in [0, 0.1) is 12.8 Å². The summed E-state index contributed by atoms with van der Waals surface area (Å²) in [7, 11) is 1.63.